The van der Waals surface area contributed by atoms with Gasteiger partial charge in [-0.1, -0.05) is 6.07 Å². The maximum Gasteiger partial charge on any atom is 0.131 e. The molecule has 23 heavy (non-hydrogen) atoms. The number of aromatic amines is 1. The zero-order valence-corrected chi connectivity index (χ0v) is 13.2. The van der Waals surface area contributed by atoms with Gasteiger partial charge in [-0.15, -0.1) is 0 Å². The fourth-order valence-electron chi connectivity index (χ4n) is 2.40. The van der Waals surface area contributed by atoms with Crippen LogP contribution in [0.2, 0.25) is 0 Å². The van der Waals surface area contributed by atoms with Crippen molar-refractivity contribution in [3.63, 3.8) is 0 Å². The van der Waals surface area contributed by atoms with Gasteiger partial charge in [-0.05, 0) is 24.1 Å². The Morgan fingerprint density at radius 2 is 2.00 bits per heavy atom. The number of fused-ring (bicyclic) bond motifs is 1. The molecule has 0 fully saturated rings. The normalized spacial score (nSPS) is 10.9. The lowest BCUT2D eigenvalue weighted by Gasteiger charge is -2.09. The Bertz CT molecular complexity index is 786. The van der Waals surface area contributed by atoms with Crippen molar-refractivity contribution in [2.24, 2.45) is 0 Å². The quantitative estimate of drug-likeness (QED) is 0.726. The molecule has 1 N–H and O–H groups in total. The van der Waals surface area contributed by atoms with Crippen molar-refractivity contribution in [1.82, 2.24) is 15.2 Å². The molecule has 0 unspecified atom stereocenters. The molecule has 0 bridgehead atoms. The molecule has 0 saturated carbocycles. The second-order valence-corrected chi connectivity index (χ2v) is 5.10. The van der Waals surface area contributed by atoms with Crippen molar-refractivity contribution in [1.29, 1.82) is 0 Å². The molecule has 0 radical (unpaired) electrons. The van der Waals surface area contributed by atoms with E-state index in [1.165, 1.54) is 0 Å². The second-order valence-electron chi connectivity index (χ2n) is 5.10. The summed E-state index contributed by atoms with van der Waals surface area (Å²) in [5.41, 5.74) is 2.92. The van der Waals surface area contributed by atoms with Crippen LogP contribution in [0.1, 0.15) is 11.3 Å². The summed E-state index contributed by atoms with van der Waals surface area (Å²) in [6.45, 7) is 1.02. The third-order valence-electron chi connectivity index (χ3n) is 3.64. The molecule has 0 saturated heterocycles. The average Bonchev–Trinajstić information content (AvgIpc) is 3.09. The third-order valence-corrected chi connectivity index (χ3v) is 3.64. The van der Waals surface area contributed by atoms with Crippen LogP contribution in [0.3, 0.4) is 0 Å². The van der Waals surface area contributed by atoms with Gasteiger partial charge in [0.25, 0.3) is 0 Å². The van der Waals surface area contributed by atoms with E-state index in [0.29, 0.717) is 13.2 Å². The number of hydrogen-bond donors (Lipinski definition) is 1. The number of rotatable bonds is 7. The van der Waals surface area contributed by atoms with Crippen molar-refractivity contribution >= 4 is 10.9 Å². The number of methoxy groups -OCH3 is 2. The first kappa shape index (κ1) is 15.3. The summed E-state index contributed by atoms with van der Waals surface area (Å²) in [6.07, 6.45) is 4.42. The summed E-state index contributed by atoms with van der Waals surface area (Å²) in [6, 6.07) is 7.51. The molecule has 0 aliphatic rings. The van der Waals surface area contributed by atoms with E-state index in [9.17, 15) is 0 Å². The van der Waals surface area contributed by atoms with Crippen molar-refractivity contribution in [2.45, 2.75) is 13.0 Å². The molecule has 0 aliphatic heterocycles. The molecule has 3 rings (SSSR count). The number of nitrogens with one attached hydrogen (secondary N) is 1. The van der Waals surface area contributed by atoms with Crippen molar-refractivity contribution in [3.05, 3.63) is 47.9 Å². The van der Waals surface area contributed by atoms with Crippen LogP contribution in [0.4, 0.5) is 0 Å². The van der Waals surface area contributed by atoms with Gasteiger partial charge in [0.15, 0.2) is 0 Å². The lowest BCUT2D eigenvalue weighted by molar-refractivity contribution is 0.202. The minimum absolute atomic E-state index is 0.369. The van der Waals surface area contributed by atoms with Crippen LogP contribution in [0.5, 0.6) is 11.5 Å². The van der Waals surface area contributed by atoms with Gasteiger partial charge < -0.3 is 14.2 Å². The lowest BCUT2D eigenvalue weighted by atomic mass is 10.1. The molecule has 3 aromatic rings. The molecule has 0 atom stereocenters. The van der Waals surface area contributed by atoms with Gasteiger partial charge in [-0.2, -0.15) is 5.10 Å². The molecule has 1 aromatic carbocycles. The number of H-pyrrole nitrogens is 1. The molecule has 6 heteroatoms. The van der Waals surface area contributed by atoms with Crippen LogP contribution in [-0.2, 0) is 17.8 Å². The van der Waals surface area contributed by atoms with Gasteiger partial charge in [-0.3, -0.25) is 10.1 Å². The van der Waals surface area contributed by atoms with Gasteiger partial charge in [0, 0.05) is 24.8 Å². The van der Waals surface area contributed by atoms with Crippen LogP contribution in [0.25, 0.3) is 10.9 Å². The minimum Gasteiger partial charge on any atom is -0.497 e. The van der Waals surface area contributed by atoms with E-state index in [2.05, 4.69) is 15.2 Å². The minimum atomic E-state index is 0.369. The molecular weight excluding hydrogens is 294 g/mol. The largest absolute Gasteiger partial charge is 0.497 e. The highest BCUT2D eigenvalue weighted by atomic mass is 16.5. The van der Waals surface area contributed by atoms with Crippen molar-refractivity contribution < 1.29 is 14.2 Å². The number of ether oxygens (including phenoxy) is 3. The fraction of sp³-hybridized carbons (Fsp3) is 0.294. The lowest BCUT2D eigenvalue weighted by Crippen LogP contribution is -2.02. The number of pyridine rings is 1. The number of hydrogen-bond acceptors (Lipinski definition) is 5. The molecule has 0 amide bonds. The van der Waals surface area contributed by atoms with Crippen LogP contribution >= 0.6 is 0 Å². The van der Waals surface area contributed by atoms with Crippen molar-refractivity contribution in [3.8, 4) is 11.5 Å². The fourth-order valence-corrected chi connectivity index (χ4v) is 2.40. The van der Waals surface area contributed by atoms with E-state index in [0.717, 1.165) is 40.1 Å². The summed E-state index contributed by atoms with van der Waals surface area (Å²) in [4.78, 5) is 4.52. The Morgan fingerprint density at radius 3 is 2.83 bits per heavy atom. The first-order chi connectivity index (χ1) is 11.3. The average molecular weight is 313 g/mol. The van der Waals surface area contributed by atoms with Gasteiger partial charge in [-0.25, -0.2) is 0 Å². The van der Waals surface area contributed by atoms with E-state index >= 15 is 0 Å². The Balaban J connectivity index is 1.79. The Labute approximate surface area is 134 Å². The van der Waals surface area contributed by atoms with Crippen molar-refractivity contribution in [2.75, 3.05) is 20.8 Å². The molecular formula is C17H19N3O3. The molecule has 2 aromatic heterocycles. The molecule has 6 nitrogen and oxygen atoms in total. The molecule has 2 heterocycles. The Kier molecular flexibility index (Phi) is 4.73. The summed E-state index contributed by atoms with van der Waals surface area (Å²) >= 11 is 0. The highest BCUT2D eigenvalue weighted by Crippen LogP contribution is 2.23. The van der Waals surface area contributed by atoms with Crippen LogP contribution in [0.15, 0.2) is 36.7 Å². The number of benzene rings is 1. The maximum atomic E-state index is 5.82. The maximum absolute atomic E-state index is 5.82. The highest BCUT2D eigenvalue weighted by molar-refractivity contribution is 5.83. The van der Waals surface area contributed by atoms with E-state index < -0.39 is 0 Å². The van der Waals surface area contributed by atoms with Gasteiger partial charge in [0.2, 0.25) is 0 Å². The molecule has 0 aliphatic carbocycles. The van der Waals surface area contributed by atoms with E-state index in [1.54, 1.807) is 20.4 Å². The summed E-state index contributed by atoms with van der Waals surface area (Å²) in [7, 11) is 3.32. The highest BCUT2D eigenvalue weighted by Gasteiger charge is 2.10. The summed E-state index contributed by atoms with van der Waals surface area (Å²) in [5, 5.41) is 8.14. The predicted octanol–water partition coefficient (Wildman–Crippen LogP) is 2.73. The van der Waals surface area contributed by atoms with E-state index in [4.69, 9.17) is 14.2 Å². The standard InChI is InChI=1S/C17H19N3O3/c1-21-7-6-12-9-18-16(15-10-19-20-17(12)15)11-23-14-5-3-4-13(8-14)22-2/h3-5,8-10H,6-7,11H2,1-2H3,(H,19,20). The van der Waals surface area contributed by atoms with Gasteiger partial charge in [0.05, 0.1) is 31.1 Å². The topological polar surface area (TPSA) is 69.3 Å². The number of nitrogens with zero attached hydrogens (tertiary/aromatic N) is 2. The molecule has 0 spiro atoms. The van der Waals surface area contributed by atoms with Gasteiger partial charge in [0.1, 0.15) is 18.1 Å². The van der Waals surface area contributed by atoms with Crippen LogP contribution < -0.4 is 9.47 Å². The second kappa shape index (κ2) is 7.11. The summed E-state index contributed by atoms with van der Waals surface area (Å²) in [5.74, 6) is 1.50. The number of aromatic nitrogens is 3. The Morgan fingerprint density at radius 1 is 1.13 bits per heavy atom. The Hall–Kier alpha value is -2.60. The van der Waals surface area contributed by atoms with Crippen LogP contribution in [0, 0.1) is 0 Å². The summed E-state index contributed by atoms with van der Waals surface area (Å²) < 4.78 is 16.1. The first-order valence-electron chi connectivity index (χ1n) is 7.37. The van der Waals surface area contributed by atoms with E-state index in [1.807, 2.05) is 30.5 Å². The molecule has 120 valence electrons. The third kappa shape index (κ3) is 3.43. The SMILES string of the molecule is COCCc1cnc(COc2cccc(OC)c2)c2cn[nH]c12. The predicted molar refractivity (Wildman–Crippen MR) is 86.8 cm³/mol. The zero-order chi connectivity index (χ0) is 16.1. The zero-order valence-electron chi connectivity index (χ0n) is 13.2. The van der Waals surface area contributed by atoms with Gasteiger partial charge >= 0.3 is 0 Å². The smallest absolute Gasteiger partial charge is 0.131 e. The van der Waals surface area contributed by atoms with E-state index in [-0.39, 0.29) is 0 Å². The van der Waals surface area contributed by atoms with Crippen LogP contribution in [-0.4, -0.2) is 36.0 Å². The first-order valence-corrected chi connectivity index (χ1v) is 7.37. The monoisotopic (exact) mass is 313 g/mol.